The number of pyridine rings is 1. The Balaban J connectivity index is 2.62. The van der Waals surface area contributed by atoms with Gasteiger partial charge in [-0.15, -0.1) is 0 Å². The molecule has 1 aromatic heterocycles. The topological polar surface area (TPSA) is 48.0 Å². The lowest BCUT2D eigenvalue weighted by molar-refractivity contribution is 0.514. The van der Waals surface area contributed by atoms with E-state index in [1.54, 1.807) is 10.6 Å². The van der Waals surface area contributed by atoms with Crippen LogP contribution in [-0.2, 0) is 13.0 Å². The van der Waals surface area contributed by atoms with Crippen LogP contribution < -0.4 is 11.3 Å². The molecule has 0 fully saturated rings. The van der Waals surface area contributed by atoms with E-state index in [1.807, 2.05) is 6.07 Å². The Morgan fingerprint density at radius 2 is 2.17 bits per heavy atom. The molecule has 0 bridgehead atoms. The number of nitrogens with zero attached hydrogens (tertiary/aromatic N) is 1. The van der Waals surface area contributed by atoms with Crippen molar-refractivity contribution >= 4 is 5.69 Å². The van der Waals surface area contributed by atoms with Crippen LogP contribution >= 0.6 is 0 Å². The van der Waals surface area contributed by atoms with Gasteiger partial charge in [0.2, 0.25) is 0 Å². The van der Waals surface area contributed by atoms with Gasteiger partial charge in [0.25, 0.3) is 5.56 Å². The molecular weight excluding hydrogens is 152 g/mol. The minimum absolute atomic E-state index is 0.0211. The fourth-order valence-electron chi connectivity index (χ4n) is 1.67. The van der Waals surface area contributed by atoms with Gasteiger partial charge in [-0.1, -0.05) is 0 Å². The molecule has 0 saturated heterocycles. The quantitative estimate of drug-likeness (QED) is 0.615. The number of fused-ring (bicyclic) bond motifs is 1. The van der Waals surface area contributed by atoms with Gasteiger partial charge in [0, 0.05) is 12.2 Å². The van der Waals surface area contributed by atoms with Crippen LogP contribution in [-0.4, -0.2) is 4.57 Å². The Kier molecular flexibility index (Phi) is 1.64. The fraction of sp³-hybridized carbons (Fsp3) is 0.444. The van der Waals surface area contributed by atoms with Crippen molar-refractivity contribution in [1.29, 1.82) is 0 Å². The van der Waals surface area contributed by atoms with E-state index in [0.29, 0.717) is 5.69 Å². The van der Waals surface area contributed by atoms with E-state index in [0.717, 1.165) is 25.1 Å². The average molecular weight is 164 g/mol. The monoisotopic (exact) mass is 164 g/mol. The van der Waals surface area contributed by atoms with Crippen molar-refractivity contribution < 1.29 is 0 Å². The molecule has 0 radical (unpaired) electrons. The summed E-state index contributed by atoms with van der Waals surface area (Å²) in [4.78, 5) is 11.5. The second-order valence-electron chi connectivity index (χ2n) is 3.19. The molecular formula is C9H12N2O. The van der Waals surface area contributed by atoms with Crippen LogP contribution in [0, 0.1) is 0 Å². The Labute approximate surface area is 70.8 Å². The van der Waals surface area contributed by atoms with Crippen LogP contribution in [0.25, 0.3) is 0 Å². The minimum Gasteiger partial charge on any atom is -0.394 e. The van der Waals surface area contributed by atoms with Gasteiger partial charge in [0.1, 0.15) is 0 Å². The van der Waals surface area contributed by atoms with Gasteiger partial charge in [-0.25, -0.2) is 0 Å². The third kappa shape index (κ3) is 1.02. The number of hydrogen-bond acceptors (Lipinski definition) is 2. The highest BCUT2D eigenvalue weighted by molar-refractivity contribution is 5.36. The van der Waals surface area contributed by atoms with E-state index >= 15 is 0 Å². The molecule has 0 saturated carbocycles. The van der Waals surface area contributed by atoms with Crippen LogP contribution in [0.5, 0.6) is 0 Å². The molecule has 0 atom stereocenters. The van der Waals surface area contributed by atoms with Crippen molar-refractivity contribution in [1.82, 2.24) is 4.57 Å². The first-order chi connectivity index (χ1) is 5.79. The number of nitrogen functional groups attached to an aromatic ring is 1. The molecule has 3 nitrogen and oxygen atoms in total. The van der Waals surface area contributed by atoms with Crippen molar-refractivity contribution in [2.24, 2.45) is 0 Å². The first-order valence-electron chi connectivity index (χ1n) is 4.27. The molecule has 0 aliphatic carbocycles. The van der Waals surface area contributed by atoms with Crippen LogP contribution in [0.3, 0.4) is 0 Å². The number of nitrogens with two attached hydrogens (primary N) is 1. The average Bonchev–Trinajstić information content (AvgIpc) is 2.12. The van der Waals surface area contributed by atoms with Crippen molar-refractivity contribution in [2.75, 3.05) is 5.73 Å². The second-order valence-corrected chi connectivity index (χ2v) is 3.19. The van der Waals surface area contributed by atoms with Crippen LogP contribution in [0.2, 0.25) is 0 Å². The Morgan fingerprint density at radius 1 is 1.33 bits per heavy atom. The molecule has 2 heterocycles. The smallest absolute Gasteiger partial charge is 0.273 e. The van der Waals surface area contributed by atoms with Gasteiger partial charge in [0.15, 0.2) is 0 Å². The summed E-state index contributed by atoms with van der Waals surface area (Å²) in [5, 5.41) is 0. The van der Waals surface area contributed by atoms with Crippen molar-refractivity contribution in [3.05, 3.63) is 28.2 Å². The van der Waals surface area contributed by atoms with Gasteiger partial charge in [-0.2, -0.15) is 0 Å². The third-order valence-electron chi connectivity index (χ3n) is 2.36. The van der Waals surface area contributed by atoms with Crippen molar-refractivity contribution in [2.45, 2.75) is 25.8 Å². The zero-order valence-corrected chi connectivity index (χ0v) is 6.92. The highest BCUT2D eigenvalue weighted by Crippen LogP contribution is 2.12. The summed E-state index contributed by atoms with van der Waals surface area (Å²) in [7, 11) is 0. The van der Waals surface area contributed by atoms with Gasteiger partial charge in [-0.3, -0.25) is 4.79 Å². The summed E-state index contributed by atoms with van der Waals surface area (Å²) in [5.74, 6) is 0. The molecule has 1 aromatic rings. The molecule has 0 aromatic carbocycles. The van der Waals surface area contributed by atoms with E-state index in [1.165, 1.54) is 6.42 Å². The third-order valence-corrected chi connectivity index (χ3v) is 2.36. The lowest BCUT2D eigenvalue weighted by atomic mass is 10.1. The van der Waals surface area contributed by atoms with Crippen molar-refractivity contribution in [3.8, 4) is 0 Å². The van der Waals surface area contributed by atoms with Crippen LogP contribution in [0.4, 0.5) is 5.69 Å². The molecule has 12 heavy (non-hydrogen) atoms. The zero-order valence-electron chi connectivity index (χ0n) is 6.92. The molecule has 1 aliphatic rings. The standard InChI is InChI=1S/C9H12N2O/c10-8-5-4-7-3-1-2-6-11(7)9(8)12/h4-5H,1-3,6,10H2. The van der Waals surface area contributed by atoms with E-state index in [-0.39, 0.29) is 5.56 Å². The summed E-state index contributed by atoms with van der Waals surface area (Å²) in [6.07, 6.45) is 3.29. The summed E-state index contributed by atoms with van der Waals surface area (Å²) >= 11 is 0. The lowest BCUT2D eigenvalue weighted by Gasteiger charge is -2.17. The number of anilines is 1. The first-order valence-corrected chi connectivity index (χ1v) is 4.27. The van der Waals surface area contributed by atoms with E-state index in [9.17, 15) is 4.79 Å². The summed E-state index contributed by atoms with van der Waals surface area (Å²) in [5.41, 5.74) is 6.98. The van der Waals surface area contributed by atoms with Gasteiger partial charge in [-0.05, 0) is 31.4 Å². The molecule has 0 amide bonds. The predicted octanol–water partition coefficient (Wildman–Crippen LogP) is 0.767. The minimum atomic E-state index is -0.0211. The molecule has 0 spiro atoms. The molecule has 64 valence electrons. The zero-order chi connectivity index (χ0) is 8.55. The maximum atomic E-state index is 11.5. The van der Waals surface area contributed by atoms with Gasteiger partial charge in [0.05, 0.1) is 5.69 Å². The Morgan fingerprint density at radius 3 is 3.00 bits per heavy atom. The number of aryl methyl sites for hydroxylation is 1. The molecule has 0 unspecified atom stereocenters. The summed E-state index contributed by atoms with van der Waals surface area (Å²) < 4.78 is 1.79. The van der Waals surface area contributed by atoms with E-state index in [4.69, 9.17) is 5.73 Å². The maximum Gasteiger partial charge on any atom is 0.273 e. The van der Waals surface area contributed by atoms with Gasteiger partial charge < -0.3 is 10.3 Å². The molecule has 1 aliphatic heterocycles. The highest BCUT2D eigenvalue weighted by atomic mass is 16.1. The summed E-state index contributed by atoms with van der Waals surface area (Å²) in [6.45, 7) is 0.833. The van der Waals surface area contributed by atoms with Gasteiger partial charge >= 0.3 is 0 Å². The van der Waals surface area contributed by atoms with Crippen LogP contribution in [0.15, 0.2) is 16.9 Å². The number of hydrogen-bond donors (Lipinski definition) is 1. The largest absolute Gasteiger partial charge is 0.394 e. The second kappa shape index (κ2) is 2.66. The Hall–Kier alpha value is -1.25. The first kappa shape index (κ1) is 7.40. The molecule has 2 rings (SSSR count). The van der Waals surface area contributed by atoms with E-state index in [2.05, 4.69) is 0 Å². The van der Waals surface area contributed by atoms with Crippen molar-refractivity contribution in [3.63, 3.8) is 0 Å². The predicted molar refractivity (Wildman–Crippen MR) is 48.1 cm³/mol. The highest BCUT2D eigenvalue weighted by Gasteiger charge is 2.10. The number of rotatable bonds is 0. The normalized spacial score (nSPS) is 15.7. The summed E-state index contributed by atoms with van der Waals surface area (Å²) in [6, 6.07) is 3.66. The Bertz CT molecular complexity index is 354. The lowest BCUT2D eigenvalue weighted by Crippen LogP contribution is -2.28. The number of aromatic nitrogens is 1. The SMILES string of the molecule is Nc1ccc2n(c1=O)CCCC2. The van der Waals surface area contributed by atoms with Crippen LogP contribution in [0.1, 0.15) is 18.5 Å². The fourth-order valence-corrected chi connectivity index (χ4v) is 1.67. The maximum absolute atomic E-state index is 11.5. The molecule has 3 heteroatoms. The van der Waals surface area contributed by atoms with E-state index < -0.39 is 0 Å². The molecule has 2 N–H and O–H groups in total.